The van der Waals surface area contributed by atoms with Crippen LogP contribution < -0.4 is 10.2 Å². The van der Waals surface area contributed by atoms with Gasteiger partial charge in [-0.15, -0.1) is 0 Å². The van der Waals surface area contributed by atoms with E-state index in [1.165, 1.54) is 17.4 Å². The summed E-state index contributed by atoms with van der Waals surface area (Å²) < 4.78 is 0. The van der Waals surface area contributed by atoms with Crippen LogP contribution in [0.3, 0.4) is 0 Å². The molecule has 0 unspecified atom stereocenters. The summed E-state index contributed by atoms with van der Waals surface area (Å²) in [5, 5.41) is 3.72. The molecule has 140 valence electrons. The monoisotopic (exact) mass is 372 g/mol. The molecule has 0 bridgehead atoms. The molecule has 0 aliphatic heterocycles. The molecule has 0 aliphatic rings. The Kier molecular flexibility index (Phi) is 7.45. The normalized spacial score (nSPS) is 10.7. The van der Waals surface area contributed by atoms with Gasteiger partial charge < -0.3 is 10.2 Å². The van der Waals surface area contributed by atoms with Crippen molar-refractivity contribution >= 4 is 29.0 Å². The van der Waals surface area contributed by atoms with Gasteiger partial charge in [-0.25, -0.2) is 9.97 Å². The molecule has 5 nitrogen and oxygen atoms in total. The smallest absolute Gasteiger partial charge is 0.259 e. The summed E-state index contributed by atoms with van der Waals surface area (Å²) in [7, 11) is 0. The summed E-state index contributed by atoms with van der Waals surface area (Å²) in [4.78, 5) is 23.8. The van der Waals surface area contributed by atoms with E-state index in [4.69, 9.17) is 0 Å². The van der Waals surface area contributed by atoms with Crippen molar-refractivity contribution in [3.05, 3.63) is 41.2 Å². The highest BCUT2D eigenvalue weighted by Crippen LogP contribution is 2.24. The summed E-state index contributed by atoms with van der Waals surface area (Å²) >= 11 is 1.49. The number of anilines is 2. The lowest BCUT2D eigenvalue weighted by atomic mass is 10.1. The van der Waals surface area contributed by atoms with Crippen LogP contribution in [0.1, 0.15) is 48.8 Å². The number of nitrogens with zero attached hydrogens (tertiary/aromatic N) is 3. The number of nitrogens with one attached hydrogen (secondary N) is 1. The molecule has 6 heteroatoms. The molecular formula is C20H28N4OS. The molecule has 0 fully saturated rings. The molecular weight excluding hydrogens is 344 g/mol. The van der Waals surface area contributed by atoms with Crippen molar-refractivity contribution in [2.45, 2.75) is 45.7 Å². The van der Waals surface area contributed by atoms with Crippen molar-refractivity contribution in [2.24, 2.45) is 0 Å². The first-order valence-electron chi connectivity index (χ1n) is 9.10. The average Bonchev–Trinajstić information content (AvgIpc) is 2.65. The number of rotatable bonds is 8. The summed E-state index contributed by atoms with van der Waals surface area (Å²) in [6.07, 6.45) is 5.27. The maximum atomic E-state index is 12.8. The summed E-state index contributed by atoms with van der Waals surface area (Å²) in [6, 6.07) is 6.14. The Morgan fingerprint density at radius 1 is 1.23 bits per heavy atom. The second kappa shape index (κ2) is 9.57. The summed E-state index contributed by atoms with van der Waals surface area (Å²) in [6.45, 7) is 10.3. The lowest BCUT2D eigenvalue weighted by Gasteiger charge is -2.22. The Morgan fingerprint density at radius 3 is 2.54 bits per heavy atom. The van der Waals surface area contributed by atoms with Gasteiger partial charge >= 0.3 is 0 Å². The Hall–Kier alpha value is -2.08. The van der Waals surface area contributed by atoms with E-state index in [1.807, 2.05) is 19.2 Å². The van der Waals surface area contributed by atoms with E-state index in [0.29, 0.717) is 10.7 Å². The first-order valence-corrected chi connectivity index (χ1v) is 10.3. The van der Waals surface area contributed by atoms with Crippen molar-refractivity contribution in [1.29, 1.82) is 0 Å². The third-order valence-electron chi connectivity index (χ3n) is 4.35. The molecule has 26 heavy (non-hydrogen) atoms. The molecule has 1 amide bonds. The standard InChI is InChI=1S/C20H28N4OS/c1-6-9-18-16(13-21-20(23-18)26-5)19(25)22-17-11-10-15(12-14(17)4)24(7-2)8-3/h10-13H,6-9H2,1-5H3,(H,22,25). The van der Waals surface area contributed by atoms with Crippen LogP contribution in [0.15, 0.2) is 29.6 Å². The van der Waals surface area contributed by atoms with Crippen LogP contribution in [-0.2, 0) is 6.42 Å². The Morgan fingerprint density at radius 2 is 1.96 bits per heavy atom. The quantitative estimate of drug-likeness (QED) is 0.544. The molecule has 1 aromatic carbocycles. The predicted molar refractivity (Wildman–Crippen MR) is 111 cm³/mol. The molecule has 2 aromatic rings. The van der Waals surface area contributed by atoms with Crippen LogP contribution >= 0.6 is 11.8 Å². The zero-order valence-electron chi connectivity index (χ0n) is 16.3. The van der Waals surface area contributed by atoms with Crippen LogP contribution in [0.2, 0.25) is 0 Å². The van der Waals surface area contributed by atoms with Gasteiger partial charge in [-0.2, -0.15) is 0 Å². The molecule has 0 saturated carbocycles. The minimum absolute atomic E-state index is 0.153. The third-order valence-corrected chi connectivity index (χ3v) is 4.91. The topological polar surface area (TPSA) is 58.1 Å². The van der Waals surface area contributed by atoms with E-state index in [9.17, 15) is 4.79 Å². The zero-order valence-corrected chi connectivity index (χ0v) is 17.1. The summed E-state index contributed by atoms with van der Waals surface area (Å²) in [5.41, 5.74) is 4.40. The van der Waals surface area contributed by atoms with Crippen LogP contribution in [0.5, 0.6) is 0 Å². The number of hydrogen-bond acceptors (Lipinski definition) is 5. The maximum Gasteiger partial charge on any atom is 0.259 e. The molecule has 1 heterocycles. The van der Waals surface area contributed by atoms with Crippen molar-refractivity contribution in [1.82, 2.24) is 9.97 Å². The van der Waals surface area contributed by atoms with Gasteiger partial charge in [-0.05, 0) is 57.2 Å². The fourth-order valence-corrected chi connectivity index (χ4v) is 3.24. The molecule has 1 N–H and O–H groups in total. The third kappa shape index (κ3) is 4.75. The highest BCUT2D eigenvalue weighted by atomic mass is 32.2. The molecule has 2 rings (SSSR count). The van der Waals surface area contributed by atoms with Crippen LogP contribution in [0.4, 0.5) is 11.4 Å². The van der Waals surface area contributed by atoms with E-state index < -0.39 is 0 Å². The number of aromatic nitrogens is 2. The van der Waals surface area contributed by atoms with Crippen LogP contribution in [0, 0.1) is 6.92 Å². The number of benzene rings is 1. The largest absolute Gasteiger partial charge is 0.372 e. The van der Waals surface area contributed by atoms with Gasteiger partial charge in [0.15, 0.2) is 5.16 Å². The van der Waals surface area contributed by atoms with E-state index >= 15 is 0 Å². The molecule has 0 saturated heterocycles. The van der Waals surface area contributed by atoms with Gasteiger partial charge in [-0.3, -0.25) is 4.79 Å². The average molecular weight is 373 g/mol. The molecule has 0 atom stereocenters. The van der Waals surface area contributed by atoms with Gasteiger partial charge in [0, 0.05) is 30.7 Å². The van der Waals surface area contributed by atoms with Crippen LogP contribution in [-0.4, -0.2) is 35.2 Å². The molecule has 0 spiro atoms. The Bertz CT molecular complexity index is 759. The first kappa shape index (κ1) is 20.2. The minimum Gasteiger partial charge on any atom is -0.372 e. The van der Waals surface area contributed by atoms with E-state index in [2.05, 4.69) is 53.1 Å². The van der Waals surface area contributed by atoms with Crippen molar-refractivity contribution < 1.29 is 4.79 Å². The van der Waals surface area contributed by atoms with Crippen molar-refractivity contribution in [3.8, 4) is 0 Å². The number of carbonyl (C=O) groups is 1. The Labute approximate surface area is 160 Å². The van der Waals surface area contributed by atoms with E-state index in [1.54, 1.807) is 6.20 Å². The minimum atomic E-state index is -0.153. The number of thioether (sulfide) groups is 1. The van der Waals surface area contributed by atoms with E-state index in [-0.39, 0.29) is 5.91 Å². The molecule has 0 aliphatic carbocycles. The number of carbonyl (C=O) groups excluding carboxylic acids is 1. The van der Waals surface area contributed by atoms with Gasteiger partial charge in [0.05, 0.1) is 11.3 Å². The number of amides is 1. The molecule has 1 aromatic heterocycles. The van der Waals surface area contributed by atoms with Crippen molar-refractivity contribution in [2.75, 3.05) is 29.6 Å². The lowest BCUT2D eigenvalue weighted by molar-refractivity contribution is 0.102. The fourth-order valence-electron chi connectivity index (χ4n) is 2.88. The highest BCUT2D eigenvalue weighted by Gasteiger charge is 2.15. The maximum absolute atomic E-state index is 12.8. The highest BCUT2D eigenvalue weighted by molar-refractivity contribution is 7.98. The lowest BCUT2D eigenvalue weighted by Crippen LogP contribution is -2.22. The van der Waals surface area contributed by atoms with E-state index in [0.717, 1.165) is 42.9 Å². The predicted octanol–water partition coefficient (Wildman–Crippen LogP) is 4.56. The van der Waals surface area contributed by atoms with Gasteiger partial charge in [0.25, 0.3) is 5.91 Å². The van der Waals surface area contributed by atoms with Crippen molar-refractivity contribution in [3.63, 3.8) is 0 Å². The number of aryl methyl sites for hydroxylation is 2. The number of hydrogen-bond donors (Lipinski definition) is 1. The SMILES string of the molecule is CCCc1nc(SC)ncc1C(=O)Nc1ccc(N(CC)CC)cc1C. The second-order valence-electron chi connectivity index (χ2n) is 6.09. The van der Waals surface area contributed by atoms with Gasteiger partial charge in [0.2, 0.25) is 0 Å². The molecule has 0 radical (unpaired) electrons. The van der Waals surface area contributed by atoms with Crippen LogP contribution in [0.25, 0.3) is 0 Å². The zero-order chi connectivity index (χ0) is 19.1. The van der Waals surface area contributed by atoms with Gasteiger partial charge in [-0.1, -0.05) is 25.1 Å². The first-order chi connectivity index (χ1) is 12.5. The fraction of sp³-hybridized carbons (Fsp3) is 0.450. The Balaban J connectivity index is 2.24. The summed E-state index contributed by atoms with van der Waals surface area (Å²) in [5.74, 6) is -0.153. The van der Waals surface area contributed by atoms with Gasteiger partial charge in [0.1, 0.15) is 0 Å². The second-order valence-corrected chi connectivity index (χ2v) is 6.87.